The van der Waals surface area contributed by atoms with Crippen molar-refractivity contribution >= 4 is 17.1 Å². The lowest BCUT2D eigenvalue weighted by Crippen LogP contribution is -2.40. The first-order valence-electron chi connectivity index (χ1n) is 11.7. The topological polar surface area (TPSA) is 74.8 Å². The predicted molar refractivity (Wildman–Crippen MR) is 133 cm³/mol. The molecule has 33 heavy (non-hydrogen) atoms. The molecule has 2 heterocycles. The van der Waals surface area contributed by atoms with E-state index in [2.05, 4.69) is 27.3 Å². The monoisotopic (exact) mass is 448 g/mol. The maximum Gasteiger partial charge on any atom is 0.253 e. The number of nitrogens with zero attached hydrogens (tertiary/aromatic N) is 3. The summed E-state index contributed by atoms with van der Waals surface area (Å²) in [5.41, 5.74) is 2.75. The van der Waals surface area contributed by atoms with Gasteiger partial charge in [0.2, 0.25) is 0 Å². The van der Waals surface area contributed by atoms with Crippen molar-refractivity contribution in [1.82, 2.24) is 9.88 Å². The number of likely N-dealkylation sites (tertiary alicyclic amines) is 1. The van der Waals surface area contributed by atoms with Gasteiger partial charge in [-0.2, -0.15) is 0 Å². The molecule has 7 nitrogen and oxygen atoms in total. The molecule has 3 aromatic rings. The maximum atomic E-state index is 12.2. The Morgan fingerprint density at radius 1 is 1.09 bits per heavy atom. The van der Waals surface area contributed by atoms with Crippen LogP contribution < -0.4 is 25.8 Å². The summed E-state index contributed by atoms with van der Waals surface area (Å²) >= 11 is 0. The summed E-state index contributed by atoms with van der Waals surface area (Å²) in [5.74, 6) is 0.867. The van der Waals surface area contributed by atoms with Gasteiger partial charge in [-0.15, -0.1) is 0 Å². The third kappa shape index (κ3) is 5.60. The van der Waals surface area contributed by atoms with Crippen molar-refractivity contribution in [1.29, 1.82) is 0 Å². The Hall–Kier alpha value is -3.19. The van der Waals surface area contributed by atoms with Gasteiger partial charge in [-0.25, -0.2) is 0 Å². The zero-order chi connectivity index (χ0) is 23.2. The molecule has 0 saturated carbocycles. The van der Waals surface area contributed by atoms with Crippen molar-refractivity contribution in [3.63, 3.8) is 0 Å². The van der Waals surface area contributed by atoms with Crippen LogP contribution in [0.3, 0.4) is 0 Å². The SMILES string of the molecule is Cc1ccc(N(C)c2c(NCCCOc3cccc(CN4CCCCC4)c3)c(=O)c2=O)cn1. The lowest BCUT2D eigenvalue weighted by Gasteiger charge is -2.26. The lowest BCUT2D eigenvalue weighted by atomic mass is 10.1. The molecule has 0 spiro atoms. The number of anilines is 3. The fraction of sp³-hybridized carbons (Fsp3) is 0.423. The van der Waals surface area contributed by atoms with E-state index in [1.807, 2.05) is 31.2 Å². The van der Waals surface area contributed by atoms with Crippen LogP contribution in [0.5, 0.6) is 5.75 Å². The number of piperidine rings is 1. The molecule has 1 aliphatic rings. The predicted octanol–water partition coefficient (Wildman–Crippen LogP) is 3.62. The number of benzene rings is 1. The molecule has 1 saturated heterocycles. The van der Waals surface area contributed by atoms with Gasteiger partial charge < -0.3 is 15.0 Å². The smallest absolute Gasteiger partial charge is 0.253 e. The van der Waals surface area contributed by atoms with Gasteiger partial charge in [-0.3, -0.25) is 19.5 Å². The number of ether oxygens (including phenoxy) is 1. The second kappa shape index (κ2) is 10.6. The summed E-state index contributed by atoms with van der Waals surface area (Å²) in [6, 6.07) is 12.0. The molecule has 7 heteroatoms. The highest BCUT2D eigenvalue weighted by Gasteiger charge is 2.24. The Bertz CT molecular complexity index is 1130. The average molecular weight is 449 g/mol. The van der Waals surface area contributed by atoms with Crippen molar-refractivity contribution < 1.29 is 4.74 Å². The van der Waals surface area contributed by atoms with Crippen molar-refractivity contribution in [2.45, 2.75) is 39.2 Å². The van der Waals surface area contributed by atoms with Gasteiger partial charge in [-0.1, -0.05) is 18.6 Å². The molecule has 0 amide bonds. The Morgan fingerprint density at radius 3 is 2.67 bits per heavy atom. The highest BCUT2D eigenvalue weighted by molar-refractivity contribution is 5.79. The van der Waals surface area contributed by atoms with Gasteiger partial charge in [0.15, 0.2) is 0 Å². The van der Waals surface area contributed by atoms with Crippen molar-refractivity contribution in [2.75, 3.05) is 43.5 Å². The Morgan fingerprint density at radius 2 is 1.91 bits per heavy atom. The number of hydrogen-bond donors (Lipinski definition) is 1. The van der Waals surface area contributed by atoms with E-state index in [0.29, 0.717) is 30.9 Å². The van der Waals surface area contributed by atoms with Gasteiger partial charge >= 0.3 is 0 Å². The van der Waals surface area contributed by atoms with Gasteiger partial charge in [-0.05, 0) is 69.1 Å². The maximum absolute atomic E-state index is 12.2. The minimum Gasteiger partial charge on any atom is -0.494 e. The molecule has 1 aliphatic heterocycles. The molecule has 0 bridgehead atoms. The highest BCUT2D eigenvalue weighted by Crippen LogP contribution is 2.26. The zero-order valence-corrected chi connectivity index (χ0v) is 19.5. The first kappa shape index (κ1) is 23.0. The molecule has 1 aromatic heterocycles. The number of pyridine rings is 1. The Labute approximate surface area is 194 Å². The van der Waals surface area contributed by atoms with Crippen molar-refractivity contribution in [3.05, 3.63) is 74.3 Å². The van der Waals surface area contributed by atoms with Crippen LogP contribution in [-0.4, -0.2) is 43.2 Å². The van der Waals surface area contributed by atoms with E-state index in [1.54, 1.807) is 18.1 Å². The van der Waals surface area contributed by atoms with E-state index in [-0.39, 0.29) is 0 Å². The van der Waals surface area contributed by atoms with Gasteiger partial charge in [0.05, 0.1) is 18.5 Å². The third-order valence-corrected chi connectivity index (χ3v) is 6.15. The Kier molecular flexibility index (Phi) is 7.40. The lowest BCUT2D eigenvalue weighted by molar-refractivity contribution is 0.220. The van der Waals surface area contributed by atoms with Crippen LogP contribution in [0, 0.1) is 6.92 Å². The van der Waals surface area contributed by atoms with E-state index in [4.69, 9.17) is 4.74 Å². The van der Waals surface area contributed by atoms with E-state index in [9.17, 15) is 9.59 Å². The van der Waals surface area contributed by atoms with E-state index < -0.39 is 10.9 Å². The first-order valence-corrected chi connectivity index (χ1v) is 11.7. The van der Waals surface area contributed by atoms with E-state index >= 15 is 0 Å². The van der Waals surface area contributed by atoms with Gasteiger partial charge in [0, 0.05) is 25.8 Å². The van der Waals surface area contributed by atoms with Crippen LogP contribution in [0.15, 0.2) is 52.2 Å². The molecule has 0 unspecified atom stereocenters. The van der Waals surface area contributed by atoms with E-state index in [1.165, 1.54) is 37.9 Å². The number of aromatic nitrogens is 1. The molecule has 1 fully saturated rings. The number of hydrogen-bond acceptors (Lipinski definition) is 7. The molecular formula is C26H32N4O3. The normalized spacial score (nSPS) is 14.4. The van der Waals surface area contributed by atoms with Gasteiger partial charge in [0.1, 0.15) is 17.1 Å². The molecule has 2 aromatic carbocycles. The molecule has 4 rings (SSSR count). The zero-order valence-electron chi connectivity index (χ0n) is 19.5. The van der Waals surface area contributed by atoms with Crippen LogP contribution in [0.25, 0.3) is 0 Å². The summed E-state index contributed by atoms with van der Waals surface area (Å²) in [4.78, 5) is 32.7. The molecule has 0 radical (unpaired) electrons. The van der Waals surface area contributed by atoms with Crippen LogP contribution in [0.1, 0.15) is 36.9 Å². The fourth-order valence-corrected chi connectivity index (χ4v) is 4.24. The largest absolute Gasteiger partial charge is 0.494 e. The summed E-state index contributed by atoms with van der Waals surface area (Å²) in [6.07, 6.45) is 6.32. The average Bonchev–Trinajstić information content (AvgIpc) is 2.84. The summed E-state index contributed by atoms with van der Waals surface area (Å²) in [5, 5.41) is 3.12. The van der Waals surface area contributed by atoms with E-state index in [0.717, 1.165) is 23.7 Å². The molecule has 1 N–H and O–H groups in total. The first-order chi connectivity index (χ1) is 16.0. The van der Waals surface area contributed by atoms with Crippen molar-refractivity contribution in [3.8, 4) is 5.75 Å². The number of aryl methyl sites for hydroxylation is 1. The molecule has 0 atom stereocenters. The summed E-state index contributed by atoms with van der Waals surface area (Å²) in [6.45, 7) is 6.29. The molecular weight excluding hydrogens is 416 g/mol. The van der Waals surface area contributed by atoms with Gasteiger partial charge in [0.25, 0.3) is 10.9 Å². The molecule has 174 valence electrons. The van der Waals surface area contributed by atoms with Crippen LogP contribution in [0.2, 0.25) is 0 Å². The van der Waals surface area contributed by atoms with Crippen LogP contribution >= 0.6 is 0 Å². The second-order valence-electron chi connectivity index (χ2n) is 8.71. The van der Waals surface area contributed by atoms with Crippen LogP contribution in [-0.2, 0) is 6.54 Å². The molecule has 0 aliphatic carbocycles. The second-order valence-corrected chi connectivity index (χ2v) is 8.71. The number of rotatable bonds is 10. The minimum absolute atomic E-state index is 0.367. The quantitative estimate of drug-likeness (QED) is 0.375. The highest BCUT2D eigenvalue weighted by atomic mass is 16.5. The summed E-state index contributed by atoms with van der Waals surface area (Å²) < 4.78 is 5.93. The summed E-state index contributed by atoms with van der Waals surface area (Å²) in [7, 11) is 1.77. The fourth-order valence-electron chi connectivity index (χ4n) is 4.24. The Balaban J connectivity index is 1.26. The van der Waals surface area contributed by atoms with Crippen LogP contribution in [0.4, 0.5) is 17.1 Å². The minimum atomic E-state index is -0.470. The van der Waals surface area contributed by atoms with Crippen molar-refractivity contribution in [2.24, 2.45) is 0 Å². The third-order valence-electron chi connectivity index (χ3n) is 6.15. The standard InChI is InChI=1S/C26H32N4O3/c1-19-10-11-21(17-28-19)29(2)24-23(25(31)26(24)32)27-12-7-15-33-22-9-6-8-20(16-22)18-30-13-4-3-5-14-30/h6,8-11,16-17,27H,3-5,7,12-15,18H2,1-2H3. The number of nitrogens with one attached hydrogen (secondary N) is 1.